The van der Waals surface area contributed by atoms with Crippen molar-refractivity contribution in [2.24, 2.45) is 0 Å². The van der Waals surface area contributed by atoms with Crippen molar-refractivity contribution in [2.75, 3.05) is 20.2 Å². The third-order valence-corrected chi connectivity index (χ3v) is 4.04. The van der Waals surface area contributed by atoms with Gasteiger partial charge < -0.3 is 14.4 Å². The molecule has 1 aromatic heterocycles. The minimum atomic E-state index is 0.236. The molecule has 0 bridgehead atoms. The van der Waals surface area contributed by atoms with Crippen LogP contribution in [0.2, 0.25) is 0 Å². The molecule has 24 heavy (non-hydrogen) atoms. The second-order valence-corrected chi connectivity index (χ2v) is 5.75. The number of hydrogen-bond acceptors (Lipinski definition) is 5. The third kappa shape index (κ3) is 4.24. The number of hydrogen-bond donors (Lipinski definition) is 1. The monoisotopic (exact) mass is 330 g/mol. The number of likely N-dealkylation sites (tertiary alicyclic amines) is 1. The molecule has 1 fully saturated rings. The number of carbonyl (C=O) groups excluding carboxylic acids is 1. The molecule has 0 radical (unpaired) electrons. The van der Waals surface area contributed by atoms with Crippen molar-refractivity contribution in [3.63, 3.8) is 0 Å². The fourth-order valence-electron chi connectivity index (χ4n) is 2.67. The van der Waals surface area contributed by atoms with Gasteiger partial charge in [0.1, 0.15) is 18.1 Å². The smallest absolute Gasteiger partial charge is 0.222 e. The first-order valence-electron chi connectivity index (χ1n) is 8.19. The Morgan fingerprint density at radius 2 is 2.00 bits per heavy atom. The van der Waals surface area contributed by atoms with Crippen LogP contribution in [0.3, 0.4) is 0 Å². The van der Waals surface area contributed by atoms with Crippen molar-refractivity contribution in [2.45, 2.75) is 32.3 Å². The zero-order valence-corrected chi connectivity index (χ0v) is 13.8. The van der Waals surface area contributed by atoms with Crippen molar-refractivity contribution in [1.82, 2.24) is 20.1 Å². The van der Waals surface area contributed by atoms with Gasteiger partial charge in [-0.15, -0.1) is 0 Å². The van der Waals surface area contributed by atoms with Gasteiger partial charge >= 0.3 is 0 Å². The van der Waals surface area contributed by atoms with Gasteiger partial charge in [-0.2, -0.15) is 5.10 Å². The fraction of sp³-hybridized carbons (Fsp3) is 0.471. The maximum Gasteiger partial charge on any atom is 0.222 e. The molecule has 0 saturated carbocycles. The molecule has 1 aromatic carbocycles. The number of aromatic nitrogens is 3. The summed E-state index contributed by atoms with van der Waals surface area (Å²) in [4.78, 5) is 18.1. The summed E-state index contributed by atoms with van der Waals surface area (Å²) in [5.74, 6) is 3.15. The van der Waals surface area contributed by atoms with E-state index in [9.17, 15) is 4.79 Å². The highest BCUT2D eigenvalue weighted by atomic mass is 16.5. The number of methoxy groups -OCH3 is 1. The highest BCUT2D eigenvalue weighted by molar-refractivity contribution is 5.76. The normalized spacial score (nSPS) is 14.7. The lowest BCUT2D eigenvalue weighted by molar-refractivity contribution is -0.133. The predicted octanol–water partition coefficient (Wildman–Crippen LogP) is 1.95. The molecule has 2 aromatic rings. The summed E-state index contributed by atoms with van der Waals surface area (Å²) in [5.41, 5.74) is 0. The van der Waals surface area contributed by atoms with Gasteiger partial charge in [0.15, 0.2) is 11.6 Å². The van der Waals surface area contributed by atoms with Crippen LogP contribution in [-0.2, 0) is 17.8 Å². The summed E-state index contributed by atoms with van der Waals surface area (Å²) >= 11 is 0. The standard InChI is InChI=1S/C17H22N4O3/c1-23-13-5-7-14(8-6-13)24-12-16-18-15(19-20-16)9-11-21-10-3-2-4-17(21)22/h5-8H,2-4,9-12H2,1H3,(H,18,19,20). The van der Waals surface area contributed by atoms with Crippen LogP contribution >= 0.6 is 0 Å². The summed E-state index contributed by atoms with van der Waals surface area (Å²) in [7, 11) is 1.63. The number of rotatable bonds is 7. The second kappa shape index (κ2) is 7.81. The van der Waals surface area contributed by atoms with E-state index < -0.39 is 0 Å². The van der Waals surface area contributed by atoms with Crippen LogP contribution in [0.5, 0.6) is 11.5 Å². The lowest BCUT2D eigenvalue weighted by Gasteiger charge is -2.26. The number of benzene rings is 1. The SMILES string of the molecule is COc1ccc(OCc2nc(CCN3CCCCC3=O)n[nH]2)cc1. The molecule has 0 atom stereocenters. The molecule has 1 saturated heterocycles. The summed E-state index contributed by atoms with van der Waals surface area (Å²) in [5, 5.41) is 7.07. The first kappa shape index (κ1) is 16.3. The van der Waals surface area contributed by atoms with E-state index in [0.29, 0.717) is 37.6 Å². The predicted molar refractivity (Wildman–Crippen MR) is 87.8 cm³/mol. The van der Waals surface area contributed by atoms with Crippen LogP contribution in [0, 0.1) is 0 Å². The molecule has 2 heterocycles. The molecule has 1 aliphatic heterocycles. The average molecular weight is 330 g/mol. The number of piperidine rings is 1. The number of amides is 1. The molecule has 1 aliphatic rings. The van der Waals surface area contributed by atoms with E-state index in [1.165, 1.54) is 0 Å². The van der Waals surface area contributed by atoms with E-state index in [4.69, 9.17) is 9.47 Å². The van der Waals surface area contributed by atoms with Crippen LogP contribution in [0.25, 0.3) is 0 Å². The quantitative estimate of drug-likeness (QED) is 0.839. The summed E-state index contributed by atoms with van der Waals surface area (Å²) < 4.78 is 10.8. The van der Waals surface area contributed by atoms with Gasteiger partial charge in [0.05, 0.1) is 7.11 Å². The summed E-state index contributed by atoms with van der Waals surface area (Å²) in [6.45, 7) is 1.84. The van der Waals surface area contributed by atoms with Crippen LogP contribution in [0.1, 0.15) is 30.9 Å². The molecule has 0 unspecified atom stereocenters. The Bertz CT molecular complexity index is 669. The molecule has 0 aliphatic carbocycles. The van der Waals surface area contributed by atoms with Crippen molar-refractivity contribution >= 4 is 5.91 Å². The van der Waals surface area contributed by atoms with Crippen molar-refractivity contribution in [1.29, 1.82) is 0 Å². The Labute approximate surface area is 141 Å². The number of H-pyrrole nitrogens is 1. The topological polar surface area (TPSA) is 80.3 Å². The molecule has 1 N–H and O–H groups in total. The Hall–Kier alpha value is -2.57. The molecular formula is C17H22N4O3. The van der Waals surface area contributed by atoms with Gasteiger partial charge in [0, 0.05) is 25.9 Å². The van der Waals surface area contributed by atoms with E-state index in [-0.39, 0.29) is 5.91 Å². The number of nitrogens with zero attached hydrogens (tertiary/aromatic N) is 3. The minimum absolute atomic E-state index is 0.236. The molecular weight excluding hydrogens is 308 g/mol. The molecule has 7 nitrogen and oxygen atoms in total. The third-order valence-electron chi connectivity index (χ3n) is 4.04. The largest absolute Gasteiger partial charge is 0.497 e. The zero-order chi connectivity index (χ0) is 16.8. The Morgan fingerprint density at radius 1 is 1.21 bits per heavy atom. The minimum Gasteiger partial charge on any atom is -0.497 e. The van der Waals surface area contributed by atoms with Crippen LogP contribution in [-0.4, -0.2) is 46.2 Å². The molecule has 1 amide bonds. The number of aromatic amines is 1. The molecule has 128 valence electrons. The fourth-order valence-corrected chi connectivity index (χ4v) is 2.67. The zero-order valence-electron chi connectivity index (χ0n) is 13.8. The van der Waals surface area contributed by atoms with Gasteiger partial charge in [-0.1, -0.05) is 0 Å². The van der Waals surface area contributed by atoms with E-state index in [1.54, 1.807) is 7.11 Å². The Balaban J connectivity index is 1.47. The number of nitrogens with one attached hydrogen (secondary N) is 1. The lowest BCUT2D eigenvalue weighted by atomic mass is 10.1. The van der Waals surface area contributed by atoms with E-state index in [1.807, 2.05) is 29.2 Å². The molecule has 3 rings (SSSR count). The first-order valence-corrected chi connectivity index (χ1v) is 8.19. The van der Waals surface area contributed by atoms with Crippen molar-refractivity contribution in [3.8, 4) is 11.5 Å². The lowest BCUT2D eigenvalue weighted by Crippen LogP contribution is -2.36. The highest BCUT2D eigenvalue weighted by Crippen LogP contribution is 2.17. The van der Waals surface area contributed by atoms with Gasteiger partial charge in [0.25, 0.3) is 0 Å². The van der Waals surface area contributed by atoms with E-state index in [2.05, 4.69) is 15.2 Å². The van der Waals surface area contributed by atoms with Crippen molar-refractivity contribution < 1.29 is 14.3 Å². The average Bonchev–Trinajstić information content (AvgIpc) is 3.08. The second-order valence-electron chi connectivity index (χ2n) is 5.75. The summed E-state index contributed by atoms with van der Waals surface area (Å²) in [6, 6.07) is 7.38. The van der Waals surface area contributed by atoms with Gasteiger partial charge in [-0.3, -0.25) is 9.89 Å². The van der Waals surface area contributed by atoms with Gasteiger partial charge in [-0.25, -0.2) is 4.98 Å². The van der Waals surface area contributed by atoms with E-state index in [0.717, 1.165) is 30.9 Å². The highest BCUT2D eigenvalue weighted by Gasteiger charge is 2.18. The maximum atomic E-state index is 11.8. The number of carbonyl (C=O) groups is 1. The Morgan fingerprint density at radius 3 is 2.75 bits per heavy atom. The molecule has 0 spiro atoms. The summed E-state index contributed by atoms with van der Waals surface area (Å²) in [6.07, 6.45) is 3.41. The van der Waals surface area contributed by atoms with E-state index >= 15 is 0 Å². The maximum absolute atomic E-state index is 11.8. The van der Waals surface area contributed by atoms with Crippen molar-refractivity contribution in [3.05, 3.63) is 35.9 Å². The Kier molecular flexibility index (Phi) is 5.30. The van der Waals surface area contributed by atoms with Gasteiger partial charge in [-0.05, 0) is 37.1 Å². The van der Waals surface area contributed by atoms with Crippen LogP contribution in [0.15, 0.2) is 24.3 Å². The van der Waals surface area contributed by atoms with Crippen LogP contribution in [0.4, 0.5) is 0 Å². The van der Waals surface area contributed by atoms with Gasteiger partial charge in [0.2, 0.25) is 5.91 Å². The first-order chi connectivity index (χ1) is 11.7. The number of ether oxygens (including phenoxy) is 2. The molecule has 7 heteroatoms. The van der Waals surface area contributed by atoms with Crippen LogP contribution < -0.4 is 9.47 Å².